The van der Waals surface area contributed by atoms with Gasteiger partial charge in [-0.3, -0.25) is 9.69 Å². The third-order valence-corrected chi connectivity index (χ3v) is 4.74. The summed E-state index contributed by atoms with van der Waals surface area (Å²) >= 11 is 1.47. The van der Waals surface area contributed by atoms with Crippen LogP contribution in [0.25, 0.3) is 0 Å². The topological polar surface area (TPSA) is 67.6 Å². The fourth-order valence-corrected chi connectivity index (χ4v) is 3.34. The summed E-state index contributed by atoms with van der Waals surface area (Å²) in [6, 6.07) is 7.40. The van der Waals surface area contributed by atoms with Gasteiger partial charge in [0.05, 0.1) is 31.1 Å². The van der Waals surface area contributed by atoms with Gasteiger partial charge in [-0.2, -0.15) is 0 Å². The number of furan rings is 1. The van der Waals surface area contributed by atoms with E-state index < -0.39 is 0 Å². The van der Waals surface area contributed by atoms with E-state index in [1.807, 2.05) is 18.4 Å². The summed E-state index contributed by atoms with van der Waals surface area (Å²) in [4.78, 5) is 19.1. The van der Waals surface area contributed by atoms with Crippen molar-refractivity contribution in [3.8, 4) is 0 Å². The molecule has 1 atom stereocenters. The second-order valence-electron chi connectivity index (χ2n) is 5.45. The van der Waals surface area contributed by atoms with Crippen LogP contribution in [0.4, 0.5) is 0 Å². The third kappa shape index (κ3) is 3.98. The minimum Gasteiger partial charge on any atom is -0.468 e. The number of morpholine rings is 1. The molecule has 24 heavy (non-hydrogen) atoms. The number of hydrogen-bond acceptors (Lipinski definition) is 6. The van der Waals surface area contributed by atoms with Crippen molar-refractivity contribution in [3.63, 3.8) is 0 Å². The lowest BCUT2D eigenvalue weighted by molar-refractivity contribution is 0.0118. The monoisotopic (exact) mass is 347 g/mol. The molecule has 0 radical (unpaired) electrons. The van der Waals surface area contributed by atoms with Crippen molar-refractivity contribution in [1.82, 2.24) is 15.2 Å². The molecule has 0 aromatic carbocycles. The van der Waals surface area contributed by atoms with Gasteiger partial charge in [0.1, 0.15) is 10.8 Å². The van der Waals surface area contributed by atoms with Crippen LogP contribution in [0.3, 0.4) is 0 Å². The van der Waals surface area contributed by atoms with Crippen LogP contribution in [-0.4, -0.2) is 54.9 Å². The Balaban J connectivity index is 1.70. The zero-order valence-corrected chi connectivity index (χ0v) is 14.4. The number of ether oxygens (including phenoxy) is 1. The van der Waals surface area contributed by atoms with Crippen molar-refractivity contribution in [2.45, 2.75) is 11.1 Å². The maximum atomic E-state index is 12.5. The summed E-state index contributed by atoms with van der Waals surface area (Å²) in [5.41, 5.74) is 0.602. The number of hydrogen-bond donors (Lipinski definition) is 1. The van der Waals surface area contributed by atoms with Crippen LogP contribution in [0.15, 0.2) is 46.2 Å². The molecular formula is C17H21N3O3S. The molecule has 3 rings (SSSR count). The first-order chi connectivity index (χ1) is 11.8. The molecule has 0 aliphatic carbocycles. The van der Waals surface area contributed by atoms with Gasteiger partial charge < -0.3 is 14.5 Å². The van der Waals surface area contributed by atoms with Gasteiger partial charge in [-0.25, -0.2) is 4.98 Å². The van der Waals surface area contributed by atoms with Gasteiger partial charge in [-0.1, -0.05) is 0 Å². The SMILES string of the molecule is CSc1ncccc1C(=O)NCC(c1ccco1)N1CCOCC1. The maximum Gasteiger partial charge on any atom is 0.254 e. The van der Waals surface area contributed by atoms with Gasteiger partial charge in [0.25, 0.3) is 5.91 Å². The van der Waals surface area contributed by atoms with E-state index >= 15 is 0 Å². The fourth-order valence-electron chi connectivity index (χ4n) is 2.79. The van der Waals surface area contributed by atoms with E-state index in [9.17, 15) is 4.79 Å². The van der Waals surface area contributed by atoms with Crippen LogP contribution in [0.2, 0.25) is 0 Å². The van der Waals surface area contributed by atoms with Crippen molar-refractivity contribution in [1.29, 1.82) is 0 Å². The van der Waals surface area contributed by atoms with Crippen molar-refractivity contribution < 1.29 is 13.9 Å². The second kappa shape index (κ2) is 8.32. The number of carbonyl (C=O) groups excluding carboxylic acids is 1. The van der Waals surface area contributed by atoms with Crippen LogP contribution < -0.4 is 5.32 Å². The third-order valence-electron chi connectivity index (χ3n) is 4.02. The number of aromatic nitrogens is 1. The number of thioether (sulfide) groups is 1. The summed E-state index contributed by atoms with van der Waals surface area (Å²) in [5.74, 6) is 0.741. The molecule has 3 heterocycles. The Morgan fingerprint density at radius 1 is 1.38 bits per heavy atom. The van der Waals surface area contributed by atoms with E-state index in [4.69, 9.17) is 9.15 Å². The molecule has 7 heteroatoms. The van der Waals surface area contributed by atoms with E-state index in [-0.39, 0.29) is 11.9 Å². The normalized spacial score (nSPS) is 16.7. The van der Waals surface area contributed by atoms with Crippen LogP contribution in [-0.2, 0) is 4.74 Å². The summed E-state index contributed by atoms with van der Waals surface area (Å²) in [7, 11) is 0. The molecule has 128 valence electrons. The van der Waals surface area contributed by atoms with Crippen LogP contribution in [0, 0.1) is 0 Å². The number of nitrogens with one attached hydrogen (secondary N) is 1. The highest BCUT2D eigenvalue weighted by molar-refractivity contribution is 7.98. The van der Waals surface area contributed by atoms with Gasteiger partial charge in [-0.15, -0.1) is 11.8 Å². The first-order valence-corrected chi connectivity index (χ1v) is 9.14. The predicted molar refractivity (Wildman–Crippen MR) is 92.2 cm³/mol. The first-order valence-electron chi connectivity index (χ1n) is 7.92. The quantitative estimate of drug-likeness (QED) is 0.808. The number of nitrogens with zero attached hydrogens (tertiary/aromatic N) is 2. The molecule has 1 amide bonds. The molecule has 2 aromatic rings. The highest BCUT2D eigenvalue weighted by Crippen LogP contribution is 2.22. The Morgan fingerprint density at radius 2 is 2.21 bits per heavy atom. The van der Waals surface area contributed by atoms with Crippen molar-refractivity contribution in [2.24, 2.45) is 0 Å². The van der Waals surface area contributed by atoms with Gasteiger partial charge in [0.15, 0.2) is 0 Å². The molecule has 1 saturated heterocycles. The van der Waals surface area contributed by atoms with E-state index in [0.717, 1.165) is 23.9 Å². The molecular weight excluding hydrogens is 326 g/mol. The Labute approximate surface area is 145 Å². The minimum absolute atomic E-state index is 0.00208. The Bertz CT molecular complexity index is 657. The Kier molecular flexibility index (Phi) is 5.90. The number of amides is 1. The molecule has 6 nitrogen and oxygen atoms in total. The van der Waals surface area contributed by atoms with Gasteiger partial charge in [0.2, 0.25) is 0 Å². The first kappa shape index (κ1) is 17.0. The van der Waals surface area contributed by atoms with Gasteiger partial charge in [0, 0.05) is 25.8 Å². The van der Waals surface area contributed by atoms with Crippen molar-refractivity contribution in [2.75, 3.05) is 39.1 Å². The summed E-state index contributed by atoms with van der Waals surface area (Å²) in [5, 5.41) is 3.76. The zero-order chi connectivity index (χ0) is 16.8. The molecule has 2 aromatic heterocycles. The van der Waals surface area contributed by atoms with Crippen molar-refractivity contribution >= 4 is 17.7 Å². The highest BCUT2D eigenvalue weighted by atomic mass is 32.2. The predicted octanol–water partition coefficient (Wildman–Crippen LogP) is 2.20. The van der Waals surface area contributed by atoms with Crippen LogP contribution in [0.1, 0.15) is 22.2 Å². The number of rotatable bonds is 6. The van der Waals surface area contributed by atoms with Crippen LogP contribution in [0.5, 0.6) is 0 Å². The highest BCUT2D eigenvalue weighted by Gasteiger charge is 2.25. The van der Waals surface area contributed by atoms with Crippen molar-refractivity contribution in [3.05, 3.63) is 48.0 Å². The summed E-state index contributed by atoms with van der Waals surface area (Å²) in [6.45, 7) is 3.53. The van der Waals surface area contributed by atoms with E-state index in [1.54, 1.807) is 24.6 Å². The number of carbonyl (C=O) groups is 1. The molecule has 1 unspecified atom stereocenters. The average molecular weight is 347 g/mol. The average Bonchev–Trinajstić information content (AvgIpc) is 3.17. The standard InChI is InChI=1S/C17H21N3O3S/c1-24-17-13(4-2-6-18-17)16(21)19-12-14(15-5-3-9-23-15)20-7-10-22-11-8-20/h2-6,9,14H,7-8,10-12H2,1H3,(H,19,21). The lowest BCUT2D eigenvalue weighted by Crippen LogP contribution is -2.43. The molecule has 1 N–H and O–H groups in total. The molecule has 0 saturated carbocycles. The molecule has 0 bridgehead atoms. The van der Waals surface area contributed by atoms with Gasteiger partial charge in [-0.05, 0) is 30.5 Å². The Hall–Kier alpha value is -1.83. The lowest BCUT2D eigenvalue weighted by atomic mass is 10.1. The van der Waals surface area contributed by atoms with Crippen LogP contribution >= 0.6 is 11.8 Å². The zero-order valence-electron chi connectivity index (χ0n) is 13.6. The second-order valence-corrected chi connectivity index (χ2v) is 6.24. The summed E-state index contributed by atoms with van der Waals surface area (Å²) in [6.07, 6.45) is 5.28. The molecule has 1 aliphatic rings. The molecule has 0 spiro atoms. The lowest BCUT2D eigenvalue weighted by Gasteiger charge is -2.33. The smallest absolute Gasteiger partial charge is 0.254 e. The largest absolute Gasteiger partial charge is 0.468 e. The Morgan fingerprint density at radius 3 is 2.92 bits per heavy atom. The minimum atomic E-state index is -0.114. The van der Waals surface area contributed by atoms with E-state index in [0.29, 0.717) is 25.3 Å². The van der Waals surface area contributed by atoms with E-state index in [1.165, 1.54) is 11.8 Å². The molecule has 1 fully saturated rings. The fraction of sp³-hybridized carbons (Fsp3) is 0.412. The molecule has 1 aliphatic heterocycles. The maximum absolute atomic E-state index is 12.5. The van der Waals surface area contributed by atoms with E-state index in [2.05, 4.69) is 15.2 Å². The number of pyridine rings is 1. The summed E-state index contributed by atoms with van der Waals surface area (Å²) < 4.78 is 11.0. The van der Waals surface area contributed by atoms with Gasteiger partial charge >= 0.3 is 0 Å².